The van der Waals surface area contributed by atoms with Crippen LogP contribution >= 0.6 is 0 Å². The van der Waals surface area contributed by atoms with Gasteiger partial charge < -0.3 is 9.84 Å². The molecule has 0 heterocycles. The number of aliphatic hydroxyl groups excluding tert-OH is 1. The maximum absolute atomic E-state index is 10.7. The molecular weight excluding hydrogens is 276 g/mol. The second-order valence-corrected chi connectivity index (χ2v) is 6.04. The molecule has 1 unspecified atom stereocenters. The standard InChI is InChI=1S/C17H24O3.C2H6/c1-12(8-9-20-14(3)18)6-7-16-13(2)10-15(19)11-17(16,4)5;1-2/h8,15,19H,9-11H2,1-5H3;1-2H3/b12-8-;. The molecule has 3 nitrogen and oxygen atoms in total. The first-order valence-corrected chi connectivity index (χ1v) is 7.93. The highest BCUT2D eigenvalue weighted by atomic mass is 16.5. The number of ether oxygens (including phenoxy) is 1. The monoisotopic (exact) mass is 306 g/mol. The van der Waals surface area contributed by atoms with Gasteiger partial charge in [-0.25, -0.2) is 0 Å². The number of allylic oxidation sites excluding steroid dienone is 2. The quantitative estimate of drug-likeness (QED) is 0.619. The number of carbonyl (C=O) groups is 1. The molecule has 3 heteroatoms. The minimum absolute atomic E-state index is 0.0923. The van der Waals surface area contributed by atoms with Crippen LogP contribution in [0.2, 0.25) is 0 Å². The van der Waals surface area contributed by atoms with Crippen LogP contribution in [0.5, 0.6) is 0 Å². The van der Waals surface area contributed by atoms with Gasteiger partial charge in [-0.2, -0.15) is 0 Å². The topological polar surface area (TPSA) is 46.5 Å². The molecule has 1 atom stereocenters. The zero-order valence-corrected chi connectivity index (χ0v) is 15.0. The highest BCUT2D eigenvalue weighted by Gasteiger charge is 2.31. The van der Waals surface area contributed by atoms with Crippen molar-refractivity contribution in [1.29, 1.82) is 0 Å². The summed E-state index contributed by atoms with van der Waals surface area (Å²) < 4.78 is 4.85. The van der Waals surface area contributed by atoms with Crippen molar-refractivity contribution in [2.24, 2.45) is 5.41 Å². The van der Waals surface area contributed by atoms with Crippen LogP contribution in [0.3, 0.4) is 0 Å². The average molecular weight is 306 g/mol. The van der Waals surface area contributed by atoms with Gasteiger partial charge in [-0.1, -0.05) is 45.1 Å². The molecule has 0 saturated heterocycles. The zero-order chi connectivity index (χ0) is 17.3. The molecule has 0 amide bonds. The molecule has 1 aliphatic carbocycles. The lowest BCUT2D eigenvalue weighted by Crippen LogP contribution is -2.28. The minimum atomic E-state index is -0.289. The van der Waals surface area contributed by atoms with Crippen LogP contribution in [0.1, 0.15) is 61.3 Å². The number of rotatable bonds is 2. The average Bonchev–Trinajstić information content (AvgIpc) is 2.38. The fourth-order valence-corrected chi connectivity index (χ4v) is 2.57. The van der Waals surface area contributed by atoms with E-state index < -0.39 is 0 Å². The van der Waals surface area contributed by atoms with Crippen LogP contribution < -0.4 is 0 Å². The first-order chi connectivity index (χ1) is 10.2. The van der Waals surface area contributed by atoms with Crippen molar-refractivity contribution in [3.63, 3.8) is 0 Å². The van der Waals surface area contributed by atoms with Crippen LogP contribution in [0.15, 0.2) is 22.8 Å². The highest BCUT2D eigenvalue weighted by molar-refractivity contribution is 5.66. The van der Waals surface area contributed by atoms with E-state index in [0.717, 1.165) is 23.1 Å². The molecule has 0 saturated carbocycles. The molecule has 0 fully saturated rings. The van der Waals surface area contributed by atoms with Crippen molar-refractivity contribution in [2.45, 2.75) is 67.4 Å². The van der Waals surface area contributed by atoms with Crippen molar-refractivity contribution >= 4 is 5.97 Å². The van der Waals surface area contributed by atoms with E-state index in [2.05, 4.69) is 25.7 Å². The van der Waals surface area contributed by atoms with E-state index in [1.165, 1.54) is 6.92 Å². The predicted octanol–water partition coefficient (Wildman–Crippen LogP) is 4.02. The minimum Gasteiger partial charge on any atom is -0.462 e. The van der Waals surface area contributed by atoms with E-state index >= 15 is 0 Å². The van der Waals surface area contributed by atoms with Gasteiger partial charge in [0.1, 0.15) is 6.61 Å². The third-order valence-corrected chi connectivity index (χ3v) is 3.45. The number of aliphatic hydroxyl groups is 1. The van der Waals surface area contributed by atoms with E-state index in [-0.39, 0.29) is 24.1 Å². The summed E-state index contributed by atoms with van der Waals surface area (Å²) in [6, 6.07) is 0. The molecule has 1 N–H and O–H groups in total. The summed E-state index contributed by atoms with van der Waals surface area (Å²) in [6.45, 7) is 13.8. The Morgan fingerprint density at radius 2 is 2.00 bits per heavy atom. The normalized spacial score (nSPS) is 20.4. The molecule has 0 bridgehead atoms. The number of esters is 1. The maximum Gasteiger partial charge on any atom is 0.302 e. The fraction of sp³-hybridized carbons (Fsp3) is 0.632. The largest absolute Gasteiger partial charge is 0.462 e. The van der Waals surface area contributed by atoms with Gasteiger partial charge in [0.25, 0.3) is 0 Å². The summed E-state index contributed by atoms with van der Waals surface area (Å²) in [5.41, 5.74) is 3.07. The summed E-state index contributed by atoms with van der Waals surface area (Å²) in [4.78, 5) is 10.7. The molecule has 0 aliphatic heterocycles. The second kappa shape index (κ2) is 9.48. The van der Waals surface area contributed by atoms with Crippen LogP contribution in [-0.4, -0.2) is 23.8 Å². The van der Waals surface area contributed by atoms with Crippen LogP contribution in [0.4, 0.5) is 0 Å². The molecule has 0 radical (unpaired) electrons. The molecule has 0 aromatic carbocycles. The second-order valence-electron chi connectivity index (χ2n) is 6.04. The lowest BCUT2D eigenvalue weighted by atomic mass is 9.72. The van der Waals surface area contributed by atoms with Crippen LogP contribution in [-0.2, 0) is 9.53 Å². The highest BCUT2D eigenvalue weighted by Crippen LogP contribution is 2.39. The molecule has 0 aromatic heterocycles. The lowest BCUT2D eigenvalue weighted by molar-refractivity contribution is -0.139. The summed E-state index contributed by atoms with van der Waals surface area (Å²) in [5, 5.41) is 9.84. The van der Waals surface area contributed by atoms with Crippen molar-refractivity contribution in [2.75, 3.05) is 6.61 Å². The van der Waals surface area contributed by atoms with E-state index in [0.29, 0.717) is 6.42 Å². The molecule has 22 heavy (non-hydrogen) atoms. The van der Waals surface area contributed by atoms with Gasteiger partial charge >= 0.3 is 5.97 Å². The van der Waals surface area contributed by atoms with Crippen molar-refractivity contribution in [3.05, 3.63) is 22.8 Å². The van der Waals surface area contributed by atoms with Crippen LogP contribution in [0, 0.1) is 17.3 Å². The first kappa shape index (κ1) is 20.5. The number of hydrogen-bond acceptors (Lipinski definition) is 3. The Balaban J connectivity index is 0.00000211. The Bertz CT molecular complexity index is 499. The lowest BCUT2D eigenvalue weighted by Gasteiger charge is -2.34. The van der Waals surface area contributed by atoms with Gasteiger partial charge in [0.15, 0.2) is 0 Å². The van der Waals surface area contributed by atoms with Crippen molar-refractivity contribution < 1.29 is 14.6 Å². The van der Waals surface area contributed by atoms with Gasteiger partial charge in [0.2, 0.25) is 0 Å². The van der Waals surface area contributed by atoms with E-state index in [1.807, 2.05) is 27.7 Å². The van der Waals surface area contributed by atoms with Gasteiger partial charge in [-0.3, -0.25) is 4.79 Å². The summed E-state index contributed by atoms with van der Waals surface area (Å²) in [7, 11) is 0. The molecule has 0 aromatic rings. The van der Waals surface area contributed by atoms with Gasteiger partial charge in [0, 0.05) is 17.9 Å². The number of carbonyl (C=O) groups excluding carboxylic acids is 1. The SMILES string of the molecule is CC.CC(=O)OC/C=C(/C)C#CC1=C(C)CC(O)CC1(C)C. The predicted molar refractivity (Wildman–Crippen MR) is 91.2 cm³/mol. The van der Waals surface area contributed by atoms with Gasteiger partial charge in [-0.15, -0.1) is 0 Å². The summed E-state index contributed by atoms with van der Waals surface area (Å²) in [5.74, 6) is 6.05. The fourth-order valence-electron chi connectivity index (χ4n) is 2.57. The Labute approximate surface area is 135 Å². The number of hydrogen-bond donors (Lipinski definition) is 1. The third-order valence-electron chi connectivity index (χ3n) is 3.45. The summed E-state index contributed by atoms with van der Waals surface area (Å²) >= 11 is 0. The van der Waals surface area contributed by atoms with Crippen molar-refractivity contribution in [3.8, 4) is 11.8 Å². The van der Waals surface area contributed by atoms with Gasteiger partial charge in [-0.05, 0) is 38.3 Å². The first-order valence-electron chi connectivity index (χ1n) is 7.93. The third kappa shape index (κ3) is 6.95. The molecule has 0 spiro atoms. The van der Waals surface area contributed by atoms with E-state index in [1.54, 1.807) is 6.08 Å². The van der Waals surface area contributed by atoms with Crippen molar-refractivity contribution in [1.82, 2.24) is 0 Å². The maximum atomic E-state index is 10.7. The molecule has 124 valence electrons. The molecule has 1 rings (SSSR count). The smallest absolute Gasteiger partial charge is 0.302 e. The molecular formula is C19H30O3. The Morgan fingerprint density at radius 1 is 1.41 bits per heavy atom. The Hall–Kier alpha value is -1.53. The van der Waals surface area contributed by atoms with Gasteiger partial charge in [0.05, 0.1) is 6.10 Å². The van der Waals surface area contributed by atoms with Crippen LogP contribution in [0.25, 0.3) is 0 Å². The summed E-state index contributed by atoms with van der Waals surface area (Å²) in [6.07, 6.45) is 2.97. The van der Waals surface area contributed by atoms with E-state index in [9.17, 15) is 9.90 Å². The molecule has 1 aliphatic rings. The van der Waals surface area contributed by atoms with E-state index in [4.69, 9.17) is 4.74 Å². The Morgan fingerprint density at radius 3 is 2.50 bits per heavy atom. The Kier molecular flexibility index (Phi) is 8.82. The zero-order valence-electron chi connectivity index (χ0n) is 15.0.